The lowest BCUT2D eigenvalue weighted by molar-refractivity contribution is -0.139. The van der Waals surface area contributed by atoms with E-state index in [0.717, 1.165) is 10.4 Å². The number of fused-ring (bicyclic) bond motifs is 1. The molecule has 0 aromatic carbocycles. The molecule has 0 bridgehead atoms. The molecule has 4 heterocycles. The predicted molar refractivity (Wildman–Crippen MR) is 110 cm³/mol. The predicted octanol–water partition coefficient (Wildman–Crippen LogP) is 2.54. The molecule has 1 aliphatic rings. The van der Waals surface area contributed by atoms with E-state index in [9.17, 15) is 14.4 Å². The van der Waals surface area contributed by atoms with E-state index in [1.807, 2.05) is 13.8 Å². The summed E-state index contributed by atoms with van der Waals surface area (Å²) in [6, 6.07) is 1.98. The van der Waals surface area contributed by atoms with Crippen LogP contribution in [-0.4, -0.2) is 28.2 Å². The molecule has 1 aliphatic heterocycles. The van der Waals surface area contributed by atoms with Gasteiger partial charge in [0.05, 0.1) is 42.4 Å². The van der Waals surface area contributed by atoms with E-state index >= 15 is 0 Å². The monoisotopic (exact) mass is 428 g/mol. The summed E-state index contributed by atoms with van der Waals surface area (Å²) in [4.78, 5) is 44.2. The molecule has 0 spiro atoms. The molecule has 1 atom stereocenters. The van der Waals surface area contributed by atoms with Gasteiger partial charge in [-0.15, -0.1) is 11.3 Å². The number of hydrogen-bond acceptors (Lipinski definition) is 7. The molecule has 4 rings (SSSR count). The lowest BCUT2D eigenvalue weighted by Crippen LogP contribution is -2.47. The Bertz CT molecular complexity index is 1220. The number of thiophene rings is 1. The maximum atomic E-state index is 13.1. The number of ether oxygens (including phenoxy) is 1. The molecule has 0 saturated carbocycles. The van der Waals surface area contributed by atoms with Gasteiger partial charge < -0.3 is 19.8 Å². The molecule has 9 nitrogen and oxygen atoms in total. The van der Waals surface area contributed by atoms with Gasteiger partial charge in [-0.3, -0.25) is 9.36 Å². The summed E-state index contributed by atoms with van der Waals surface area (Å²) in [5.41, 5.74) is 1.08. The molecule has 3 aromatic heterocycles. The molecule has 1 unspecified atom stereocenters. The van der Waals surface area contributed by atoms with Crippen LogP contribution in [0.2, 0.25) is 0 Å². The lowest BCUT2D eigenvalue weighted by Gasteiger charge is -2.28. The summed E-state index contributed by atoms with van der Waals surface area (Å²) in [6.07, 6.45) is 2.88. The Labute approximate surface area is 175 Å². The maximum Gasteiger partial charge on any atom is 0.338 e. The normalized spacial score (nSPS) is 16.5. The second-order valence-electron chi connectivity index (χ2n) is 6.80. The molecule has 3 aromatic rings. The third-order valence-corrected chi connectivity index (χ3v) is 6.08. The largest absolute Gasteiger partial charge is 0.467 e. The van der Waals surface area contributed by atoms with Crippen molar-refractivity contribution in [2.75, 3.05) is 6.61 Å². The highest BCUT2D eigenvalue weighted by molar-refractivity contribution is 7.18. The summed E-state index contributed by atoms with van der Waals surface area (Å²) in [6.45, 7) is 5.63. The van der Waals surface area contributed by atoms with E-state index in [1.165, 1.54) is 28.5 Å². The van der Waals surface area contributed by atoms with E-state index < -0.39 is 18.0 Å². The number of esters is 1. The molecule has 10 heteroatoms. The van der Waals surface area contributed by atoms with Crippen LogP contribution in [-0.2, 0) is 16.1 Å². The van der Waals surface area contributed by atoms with Crippen molar-refractivity contribution in [3.63, 3.8) is 0 Å². The average molecular weight is 428 g/mol. The van der Waals surface area contributed by atoms with E-state index in [1.54, 1.807) is 19.1 Å². The molecule has 0 fully saturated rings. The van der Waals surface area contributed by atoms with Crippen molar-refractivity contribution < 1.29 is 18.7 Å². The third kappa shape index (κ3) is 3.39. The molecular weight excluding hydrogens is 408 g/mol. The quantitative estimate of drug-likeness (QED) is 0.604. The van der Waals surface area contributed by atoms with Crippen LogP contribution >= 0.6 is 11.3 Å². The first-order valence-corrected chi connectivity index (χ1v) is 10.2. The minimum atomic E-state index is -0.833. The first kappa shape index (κ1) is 19.9. The third-order valence-electron chi connectivity index (χ3n) is 4.96. The Hall–Kier alpha value is -3.40. The number of rotatable bonds is 5. The van der Waals surface area contributed by atoms with Gasteiger partial charge in [0, 0.05) is 4.88 Å². The molecule has 0 radical (unpaired) electrons. The van der Waals surface area contributed by atoms with Crippen LogP contribution in [0.3, 0.4) is 0 Å². The average Bonchev–Trinajstić information content (AvgIpc) is 3.33. The highest BCUT2D eigenvalue weighted by Crippen LogP contribution is 2.29. The Morgan fingerprint density at radius 2 is 2.17 bits per heavy atom. The number of aromatic nitrogens is 2. The summed E-state index contributed by atoms with van der Waals surface area (Å²) < 4.78 is 12.0. The lowest BCUT2D eigenvalue weighted by atomic mass is 10.00. The molecular formula is C20H20N4O5S. The molecule has 2 N–H and O–H groups in total. The zero-order valence-electron chi connectivity index (χ0n) is 16.6. The van der Waals surface area contributed by atoms with Crippen molar-refractivity contribution in [2.45, 2.75) is 33.4 Å². The number of furan rings is 1. The second kappa shape index (κ2) is 7.79. The zero-order valence-corrected chi connectivity index (χ0v) is 17.5. The van der Waals surface area contributed by atoms with Gasteiger partial charge in [-0.25, -0.2) is 14.6 Å². The number of aryl methyl sites for hydroxylation is 2. The summed E-state index contributed by atoms with van der Waals surface area (Å²) in [7, 11) is 0. The number of carbonyl (C=O) groups is 2. The zero-order chi connectivity index (χ0) is 21.4. The van der Waals surface area contributed by atoms with Crippen LogP contribution in [0.1, 0.15) is 29.2 Å². The first-order chi connectivity index (χ1) is 14.4. The van der Waals surface area contributed by atoms with Crippen molar-refractivity contribution in [1.29, 1.82) is 0 Å². The van der Waals surface area contributed by atoms with Gasteiger partial charge >= 0.3 is 12.0 Å². The second-order valence-corrected chi connectivity index (χ2v) is 8.00. The van der Waals surface area contributed by atoms with Gasteiger partial charge in [-0.2, -0.15) is 0 Å². The van der Waals surface area contributed by atoms with Crippen LogP contribution < -0.4 is 16.2 Å². The summed E-state index contributed by atoms with van der Waals surface area (Å²) in [5.74, 6) is -0.221. The highest BCUT2D eigenvalue weighted by atomic mass is 32.1. The van der Waals surface area contributed by atoms with E-state index in [0.29, 0.717) is 16.0 Å². The van der Waals surface area contributed by atoms with Gasteiger partial charge in [0.25, 0.3) is 5.56 Å². The van der Waals surface area contributed by atoms with Crippen molar-refractivity contribution in [3.8, 4) is 0 Å². The number of amides is 2. The first-order valence-electron chi connectivity index (χ1n) is 9.37. The van der Waals surface area contributed by atoms with Gasteiger partial charge in [0.15, 0.2) is 0 Å². The fraction of sp³-hybridized carbons (Fsp3) is 0.300. The molecule has 2 amide bonds. The summed E-state index contributed by atoms with van der Waals surface area (Å²) in [5, 5.41) is 5.86. The standard InChI is InChI=1S/C20H20N4O5S/c1-4-28-19(26)15-12(22-20(27)23-16(15)13-6-5-7-29-13)8-24-9-21-17-14(18(24)25)10(2)11(3)30-17/h5-7,9,16H,4,8H2,1-3H3,(H2,22,23,27). The van der Waals surface area contributed by atoms with Gasteiger partial charge in [-0.1, -0.05) is 0 Å². The highest BCUT2D eigenvalue weighted by Gasteiger charge is 2.35. The maximum absolute atomic E-state index is 13.1. The van der Waals surface area contributed by atoms with Gasteiger partial charge in [0.1, 0.15) is 16.6 Å². The SMILES string of the molecule is CCOC(=O)C1=C(Cn2cnc3sc(C)c(C)c3c2=O)NC(=O)NC1c1ccco1. The minimum absolute atomic E-state index is 0.0467. The number of hydrogen-bond donors (Lipinski definition) is 2. The Morgan fingerprint density at radius 3 is 2.87 bits per heavy atom. The molecule has 0 aliphatic carbocycles. The minimum Gasteiger partial charge on any atom is -0.467 e. The van der Waals surface area contributed by atoms with E-state index in [-0.39, 0.29) is 30.0 Å². The number of nitrogens with one attached hydrogen (secondary N) is 2. The topological polar surface area (TPSA) is 115 Å². The number of nitrogens with zero attached hydrogens (tertiary/aromatic N) is 2. The van der Waals surface area contributed by atoms with Gasteiger partial charge in [0.2, 0.25) is 0 Å². The van der Waals surface area contributed by atoms with Crippen molar-refractivity contribution in [2.24, 2.45) is 0 Å². The van der Waals surface area contributed by atoms with Crippen LogP contribution in [0, 0.1) is 13.8 Å². The van der Waals surface area contributed by atoms with Crippen molar-refractivity contribution >= 4 is 33.6 Å². The molecule has 156 valence electrons. The summed E-state index contributed by atoms with van der Waals surface area (Å²) >= 11 is 1.46. The van der Waals surface area contributed by atoms with Crippen molar-refractivity contribution in [3.05, 3.63) is 62.5 Å². The fourth-order valence-corrected chi connectivity index (χ4v) is 4.40. The number of urea groups is 1. The fourth-order valence-electron chi connectivity index (χ4n) is 3.41. The number of carbonyl (C=O) groups excluding carboxylic acids is 2. The van der Waals surface area contributed by atoms with Crippen molar-refractivity contribution in [1.82, 2.24) is 20.2 Å². The molecule has 30 heavy (non-hydrogen) atoms. The van der Waals surface area contributed by atoms with Crippen LogP contribution in [0.15, 0.2) is 45.2 Å². The smallest absolute Gasteiger partial charge is 0.338 e. The number of allylic oxidation sites excluding steroid dienone is 1. The molecule has 0 saturated heterocycles. The van der Waals surface area contributed by atoms with E-state index in [2.05, 4.69) is 15.6 Å². The van der Waals surface area contributed by atoms with E-state index in [4.69, 9.17) is 9.15 Å². The Balaban J connectivity index is 1.84. The Morgan fingerprint density at radius 1 is 1.37 bits per heavy atom. The van der Waals surface area contributed by atoms with Crippen LogP contribution in [0.4, 0.5) is 4.79 Å². The van der Waals surface area contributed by atoms with Crippen LogP contribution in [0.5, 0.6) is 0 Å². The Kier molecular flexibility index (Phi) is 5.17. The van der Waals surface area contributed by atoms with Crippen LogP contribution in [0.25, 0.3) is 10.2 Å². The van der Waals surface area contributed by atoms with Gasteiger partial charge in [-0.05, 0) is 38.5 Å².